The second kappa shape index (κ2) is 10.4. The number of aryl methyl sites for hydroxylation is 1. The largest absolute Gasteiger partial charge is 0.489 e. The van der Waals surface area contributed by atoms with Gasteiger partial charge < -0.3 is 4.74 Å². The van der Waals surface area contributed by atoms with Crippen LogP contribution >= 0.6 is 0 Å². The van der Waals surface area contributed by atoms with Crippen LogP contribution in [0.2, 0.25) is 0 Å². The van der Waals surface area contributed by atoms with Crippen LogP contribution in [-0.4, -0.2) is 15.0 Å². The summed E-state index contributed by atoms with van der Waals surface area (Å²) in [7, 11) is -3.76. The Labute approximate surface area is 179 Å². The van der Waals surface area contributed by atoms with Crippen LogP contribution in [0.4, 0.5) is 0 Å². The third-order valence-electron chi connectivity index (χ3n) is 4.90. The van der Waals surface area contributed by atoms with E-state index in [0.29, 0.717) is 6.61 Å². The van der Waals surface area contributed by atoms with Crippen LogP contribution in [0.5, 0.6) is 5.75 Å². The van der Waals surface area contributed by atoms with Gasteiger partial charge in [-0.15, -0.1) is 0 Å². The van der Waals surface area contributed by atoms with Gasteiger partial charge in [-0.05, 0) is 59.9 Å². The molecule has 0 aliphatic carbocycles. The molecule has 0 aliphatic rings. The summed E-state index contributed by atoms with van der Waals surface area (Å²) in [5.41, 5.74) is 3.90. The van der Waals surface area contributed by atoms with E-state index < -0.39 is 10.1 Å². The average Bonchev–Trinajstić information content (AvgIpc) is 2.77. The summed E-state index contributed by atoms with van der Waals surface area (Å²) >= 11 is 0. The molecule has 0 heterocycles. The first-order valence-electron chi connectivity index (χ1n) is 10.3. The molecular weight excluding hydrogens is 396 g/mol. The topological polar surface area (TPSA) is 52.6 Å². The van der Waals surface area contributed by atoms with Gasteiger partial charge >= 0.3 is 0 Å². The van der Waals surface area contributed by atoms with E-state index in [1.165, 1.54) is 0 Å². The van der Waals surface area contributed by atoms with E-state index in [1.54, 1.807) is 12.1 Å². The van der Waals surface area contributed by atoms with Crippen molar-refractivity contribution >= 4 is 10.1 Å². The van der Waals surface area contributed by atoms with Crippen LogP contribution in [0.25, 0.3) is 11.1 Å². The third kappa shape index (κ3) is 5.94. The number of hydrogen-bond acceptors (Lipinski definition) is 4. The summed E-state index contributed by atoms with van der Waals surface area (Å²) in [4.78, 5) is 0.184. The standard InChI is InChI=1S/C25H28O4S/c1-3-4-8-17-29-30(26,27)24-16-11-20(2)25(18-24)22-12-14-23(15-13-22)28-19-21-9-6-5-7-10-21/h5-7,9-16,18H,3-4,8,17,19H2,1-2H3. The van der Waals surface area contributed by atoms with Crippen LogP contribution in [0.3, 0.4) is 0 Å². The van der Waals surface area contributed by atoms with Gasteiger partial charge in [0, 0.05) is 0 Å². The summed E-state index contributed by atoms with van der Waals surface area (Å²) in [5.74, 6) is 0.767. The lowest BCUT2D eigenvalue weighted by Crippen LogP contribution is -2.08. The summed E-state index contributed by atoms with van der Waals surface area (Å²) < 4.78 is 36.1. The first-order valence-corrected chi connectivity index (χ1v) is 11.7. The van der Waals surface area contributed by atoms with E-state index in [0.717, 1.165) is 47.3 Å². The molecule has 158 valence electrons. The quantitative estimate of drug-likeness (QED) is 0.290. The number of hydrogen-bond donors (Lipinski definition) is 0. The van der Waals surface area contributed by atoms with Crippen LogP contribution in [0.1, 0.15) is 37.3 Å². The maximum atomic E-state index is 12.5. The Bertz CT molecular complexity index is 1040. The average molecular weight is 425 g/mol. The van der Waals surface area contributed by atoms with Crippen molar-refractivity contribution in [2.45, 2.75) is 44.6 Å². The molecule has 30 heavy (non-hydrogen) atoms. The Kier molecular flexibility index (Phi) is 7.66. The molecule has 0 unspecified atom stereocenters. The first kappa shape index (κ1) is 22.1. The lowest BCUT2D eigenvalue weighted by Gasteiger charge is -2.11. The zero-order valence-corrected chi connectivity index (χ0v) is 18.3. The molecule has 0 N–H and O–H groups in total. The smallest absolute Gasteiger partial charge is 0.296 e. The van der Waals surface area contributed by atoms with Gasteiger partial charge in [-0.2, -0.15) is 8.42 Å². The van der Waals surface area contributed by atoms with Crippen molar-refractivity contribution in [2.24, 2.45) is 0 Å². The highest BCUT2D eigenvalue weighted by molar-refractivity contribution is 7.86. The van der Waals surface area contributed by atoms with Crippen molar-refractivity contribution in [3.05, 3.63) is 83.9 Å². The summed E-state index contributed by atoms with van der Waals surface area (Å²) in [6, 6.07) is 22.8. The zero-order chi connectivity index (χ0) is 21.4. The fourth-order valence-corrected chi connectivity index (χ4v) is 4.10. The van der Waals surface area contributed by atoms with Crippen molar-refractivity contribution in [3.8, 4) is 16.9 Å². The zero-order valence-electron chi connectivity index (χ0n) is 17.5. The van der Waals surface area contributed by atoms with E-state index in [1.807, 2.05) is 67.6 Å². The molecule has 0 amide bonds. The fraction of sp³-hybridized carbons (Fsp3) is 0.280. The molecule has 0 aliphatic heterocycles. The molecule has 3 aromatic rings. The predicted octanol–water partition coefficient (Wildman–Crippen LogP) is 6.14. The van der Waals surface area contributed by atoms with Gasteiger partial charge in [0.05, 0.1) is 11.5 Å². The summed E-state index contributed by atoms with van der Waals surface area (Å²) in [6.45, 7) is 4.75. The van der Waals surface area contributed by atoms with Crippen molar-refractivity contribution in [2.75, 3.05) is 6.61 Å². The minimum atomic E-state index is -3.76. The molecule has 0 spiro atoms. The molecule has 0 radical (unpaired) electrons. The van der Waals surface area contributed by atoms with Gasteiger partial charge in [-0.3, -0.25) is 4.18 Å². The monoisotopic (exact) mass is 424 g/mol. The molecule has 3 rings (SSSR count). The lowest BCUT2D eigenvalue weighted by atomic mass is 10.0. The van der Waals surface area contributed by atoms with Crippen molar-refractivity contribution in [3.63, 3.8) is 0 Å². The van der Waals surface area contributed by atoms with E-state index in [2.05, 4.69) is 6.92 Å². The minimum Gasteiger partial charge on any atom is -0.489 e. The number of rotatable bonds is 10. The Morgan fingerprint density at radius 1 is 0.867 bits per heavy atom. The predicted molar refractivity (Wildman–Crippen MR) is 120 cm³/mol. The van der Waals surface area contributed by atoms with Gasteiger partial charge in [0.2, 0.25) is 0 Å². The first-order chi connectivity index (χ1) is 14.5. The molecule has 3 aromatic carbocycles. The van der Waals surface area contributed by atoms with E-state index in [9.17, 15) is 8.42 Å². The van der Waals surface area contributed by atoms with Gasteiger partial charge in [0.1, 0.15) is 12.4 Å². The van der Waals surface area contributed by atoms with Crippen molar-refractivity contribution in [1.29, 1.82) is 0 Å². The molecule has 0 aromatic heterocycles. The Balaban J connectivity index is 1.73. The molecule has 0 saturated heterocycles. The Hall–Kier alpha value is -2.63. The SMILES string of the molecule is CCCCCOS(=O)(=O)c1ccc(C)c(-c2ccc(OCc3ccccc3)cc2)c1. The van der Waals surface area contributed by atoms with Gasteiger partial charge in [-0.25, -0.2) is 0 Å². The molecule has 0 fully saturated rings. The Morgan fingerprint density at radius 2 is 1.60 bits per heavy atom. The second-order valence-corrected chi connectivity index (χ2v) is 8.87. The van der Waals surface area contributed by atoms with E-state index in [-0.39, 0.29) is 11.5 Å². The minimum absolute atomic E-state index is 0.184. The van der Waals surface area contributed by atoms with Crippen LogP contribution in [0, 0.1) is 6.92 Å². The fourth-order valence-electron chi connectivity index (χ4n) is 3.13. The van der Waals surface area contributed by atoms with Crippen LogP contribution in [-0.2, 0) is 20.9 Å². The Morgan fingerprint density at radius 3 is 2.30 bits per heavy atom. The van der Waals surface area contributed by atoms with Crippen LogP contribution in [0.15, 0.2) is 77.7 Å². The summed E-state index contributed by atoms with van der Waals surface area (Å²) in [5, 5.41) is 0. The highest BCUT2D eigenvalue weighted by atomic mass is 32.2. The van der Waals surface area contributed by atoms with Gasteiger partial charge in [0.15, 0.2) is 0 Å². The second-order valence-electron chi connectivity index (χ2n) is 7.26. The maximum Gasteiger partial charge on any atom is 0.296 e. The number of benzene rings is 3. The normalized spacial score (nSPS) is 11.4. The summed E-state index contributed by atoms with van der Waals surface area (Å²) in [6.07, 6.45) is 2.70. The van der Waals surface area contributed by atoms with E-state index >= 15 is 0 Å². The van der Waals surface area contributed by atoms with Gasteiger partial charge in [0.25, 0.3) is 10.1 Å². The highest BCUT2D eigenvalue weighted by Gasteiger charge is 2.17. The maximum absolute atomic E-state index is 12.5. The lowest BCUT2D eigenvalue weighted by molar-refractivity contribution is 0.306. The van der Waals surface area contributed by atoms with E-state index in [4.69, 9.17) is 8.92 Å². The third-order valence-corrected chi connectivity index (χ3v) is 6.21. The molecular formula is C25H28O4S. The molecule has 0 saturated carbocycles. The highest BCUT2D eigenvalue weighted by Crippen LogP contribution is 2.29. The van der Waals surface area contributed by atoms with Crippen molar-refractivity contribution in [1.82, 2.24) is 0 Å². The number of unbranched alkanes of at least 4 members (excludes halogenated alkanes) is 2. The van der Waals surface area contributed by atoms with Crippen LogP contribution < -0.4 is 4.74 Å². The number of ether oxygens (including phenoxy) is 1. The van der Waals surface area contributed by atoms with Crippen molar-refractivity contribution < 1.29 is 17.3 Å². The van der Waals surface area contributed by atoms with Gasteiger partial charge in [-0.1, -0.05) is 68.3 Å². The molecule has 5 heteroatoms. The molecule has 4 nitrogen and oxygen atoms in total. The molecule has 0 atom stereocenters. The molecule has 0 bridgehead atoms.